The molecule has 0 atom stereocenters. The maximum absolute atomic E-state index is 12.4. The number of amides is 1. The molecule has 24 heavy (non-hydrogen) atoms. The van der Waals surface area contributed by atoms with Crippen LogP contribution >= 0.6 is 27.5 Å². The van der Waals surface area contributed by atoms with E-state index >= 15 is 0 Å². The van der Waals surface area contributed by atoms with E-state index < -0.39 is 0 Å². The molecular weight excluding hydrogens is 390 g/mol. The fourth-order valence-corrected chi connectivity index (χ4v) is 3.05. The lowest BCUT2D eigenvalue weighted by molar-refractivity contribution is 0.102. The van der Waals surface area contributed by atoms with Gasteiger partial charge >= 0.3 is 0 Å². The van der Waals surface area contributed by atoms with Crippen LogP contribution in [0.3, 0.4) is 0 Å². The van der Waals surface area contributed by atoms with Crippen LogP contribution in [0.2, 0.25) is 5.02 Å². The van der Waals surface area contributed by atoms with Crippen LogP contribution in [-0.2, 0) is 6.54 Å². The Balaban J connectivity index is 1.77. The van der Waals surface area contributed by atoms with Gasteiger partial charge in [0.25, 0.3) is 5.91 Å². The maximum Gasteiger partial charge on any atom is 0.258 e. The van der Waals surface area contributed by atoms with E-state index in [1.165, 1.54) is 0 Å². The van der Waals surface area contributed by atoms with Gasteiger partial charge in [0.2, 0.25) is 0 Å². The van der Waals surface area contributed by atoms with Crippen molar-refractivity contribution >= 4 is 39.3 Å². The molecule has 0 saturated heterocycles. The minimum atomic E-state index is -0.199. The third-order valence-corrected chi connectivity index (χ3v) is 4.49. The highest BCUT2D eigenvalue weighted by Gasteiger charge is 2.12. The first-order chi connectivity index (χ1) is 11.5. The van der Waals surface area contributed by atoms with Gasteiger partial charge in [-0.1, -0.05) is 35.9 Å². The molecule has 1 N–H and O–H groups in total. The van der Waals surface area contributed by atoms with Gasteiger partial charge in [-0.2, -0.15) is 5.10 Å². The van der Waals surface area contributed by atoms with Crippen LogP contribution in [-0.4, -0.2) is 15.7 Å². The third-order valence-electron chi connectivity index (χ3n) is 3.56. The smallest absolute Gasteiger partial charge is 0.258 e. The highest BCUT2D eigenvalue weighted by atomic mass is 79.9. The summed E-state index contributed by atoms with van der Waals surface area (Å²) >= 11 is 9.40. The molecule has 0 bridgehead atoms. The molecule has 2 aromatic carbocycles. The molecule has 6 heteroatoms. The zero-order valence-corrected chi connectivity index (χ0v) is 15.3. The largest absolute Gasteiger partial charge is 0.305 e. The van der Waals surface area contributed by atoms with Crippen molar-refractivity contribution in [1.82, 2.24) is 9.78 Å². The number of carbonyl (C=O) groups is 1. The number of nitrogens with one attached hydrogen (secondary N) is 1. The molecule has 4 nitrogen and oxygen atoms in total. The van der Waals surface area contributed by atoms with Crippen LogP contribution in [0.1, 0.15) is 21.6 Å². The summed E-state index contributed by atoms with van der Waals surface area (Å²) in [6, 6.07) is 16.8. The zero-order chi connectivity index (χ0) is 17.1. The van der Waals surface area contributed by atoms with E-state index in [2.05, 4.69) is 26.3 Å². The summed E-state index contributed by atoms with van der Waals surface area (Å²) in [6.07, 6.45) is 0. The van der Waals surface area contributed by atoms with Gasteiger partial charge in [-0.25, -0.2) is 0 Å². The molecule has 1 aromatic heterocycles. The number of aromatic nitrogens is 2. The first-order valence-electron chi connectivity index (χ1n) is 7.38. The van der Waals surface area contributed by atoms with Crippen molar-refractivity contribution in [2.24, 2.45) is 0 Å². The van der Waals surface area contributed by atoms with E-state index in [4.69, 9.17) is 11.6 Å². The molecule has 0 saturated carbocycles. The Bertz CT molecular complexity index is 891. The second-order valence-corrected chi connectivity index (χ2v) is 6.68. The first-order valence-corrected chi connectivity index (χ1v) is 8.55. The van der Waals surface area contributed by atoms with E-state index in [1.807, 2.05) is 60.1 Å². The minimum absolute atomic E-state index is 0.199. The normalized spacial score (nSPS) is 10.6. The summed E-state index contributed by atoms with van der Waals surface area (Å²) in [7, 11) is 0. The lowest BCUT2D eigenvalue weighted by Gasteiger charge is -2.05. The lowest BCUT2D eigenvalue weighted by Crippen LogP contribution is -2.13. The summed E-state index contributed by atoms with van der Waals surface area (Å²) in [6.45, 7) is 2.54. The second-order valence-electron chi connectivity index (χ2n) is 5.39. The van der Waals surface area contributed by atoms with Gasteiger partial charge in [-0.05, 0) is 52.7 Å². The summed E-state index contributed by atoms with van der Waals surface area (Å²) in [5.41, 5.74) is 2.58. The van der Waals surface area contributed by atoms with E-state index in [0.29, 0.717) is 22.9 Å². The number of benzene rings is 2. The van der Waals surface area contributed by atoms with E-state index in [1.54, 1.807) is 6.07 Å². The molecule has 3 rings (SSSR count). The van der Waals surface area contributed by atoms with Gasteiger partial charge in [0.05, 0.1) is 12.1 Å². The number of aryl methyl sites for hydroxylation is 1. The molecule has 0 unspecified atom stereocenters. The summed E-state index contributed by atoms with van der Waals surface area (Å²) in [4.78, 5) is 12.4. The van der Waals surface area contributed by atoms with Crippen molar-refractivity contribution in [1.29, 1.82) is 0 Å². The quantitative estimate of drug-likeness (QED) is 0.672. The number of carbonyl (C=O) groups excluding carboxylic acids is 1. The number of hydrogen-bond acceptors (Lipinski definition) is 2. The third kappa shape index (κ3) is 3.86. The van der Waals surface area contributed by atoms with Gasteiger partial charge in [0.1, 0.15) is 0 Å². The van der Waals surface area contributed by atoms with Crippen molar-refractivity contribution in [2.45, 2.75) is 13.5 Å². The van der Waals surface area contributed by atoms with Crippen molar-refractivity contribution in [3.05, 3.63) is 80.9 Å². The van der Waals surface area contributed by atoms with E-state index in [9.17, 15) is 4.79 Å². The summed E-state index contributed by atoms with van der Waals surface area (Å²) < 4.78 is 2.58. The van der Waals surface area contributed by atoms with Gasteiger partial charge in [-0.3, -0.25) is 9.48 Å². The van der Waals surface area contributed by atoms with E-state index in [0.717, 1.165) is 15.7 Å². The lowest BCUT2D eigenvalue weighted by atomic mass is 10.2. The standard InChI is InChI=1S/C18H15BrClN3O/c1-12-9-17(21-18(24)15-7-2-3-8-16(15)19)22-23(12)11-13-5-4-6-14(20)10-13/h2-10H,11H2,1H3,(H,21,22,24). The number of halogens is 2. The average Bonchev–Trinajstić information content (AvgIpc) is 2.87. The van der Waals surface area contributed by atoms with Crippen molar-refractivity contribution in [2.75, 3.05) is 5.32 Å². The Morgan fingerprint density at radius 2 is 2.00 bits per heavy atom. The Morgan fingerprint density at radius 3 is 2.75 bits per heavy atom. The average molecular weight is 405 g/mol. The van der Waals surface area contributed by atoms with Crippen molar-refractivity contribution < 1.29 is 4.79 Å². The van der Waals surface area contributed by atoms with Crippen LogP contribution in [0, 0.1) is 6.92 Å². The maximum atomic E-state index is 12.4. The van der Waals surface area contributed by atoms with Crippen LogP contribution in [0.25, 0.3) is 0 Å². The number of nitrogens with zero attached hydrogens (tertiary/aromatic N) is 2. The SMILES string of the molecule is Cc1cc(NC(=O)c2ccccc2Br)nn1Cc1cccc(Cl)c1. The van der Waals surface area contributed by atoms with Gasteiger partial charge < -0.3 is 5.32 Å². The Hall–Kier alpha value is -2.11. The minimum Gasteiger partial charge on any atom is -0.305 e. The summed E-state index contributed by atoms with van der Waals surface area (Å²) in [5.74, 6) is 0.324. The first kappa shape index (κ1) is 16.7. The van der Waals surface area contributed by atoms with Crippen LogP contribution in [0.5, 0.6) is 0 Å². The molecule has 0 fully saturated rings. The molecule has 1 amide bonds. The monoisotopic (exact) mass is 403 g/mol. The number of rotatable bonds is 4. The predicted octanol–water partition coefficient (Wildman–Crippen LogP) is 4.91. The molecule has 0 spiro atoms. The number of hydrogen-bond donors (Lipinski definition) is 1. The molecule has 0 aliphatic heterocycles. The zero-order valence-electron chi connectivity index (χ0n) is 13.0. The Labute approximate surface area is 153 Å². The topological polar surface area (TPSA) is 46.9 Å². The van der Waals surface area contributed by atoms with Crippen molar-refractivity contribution in [3.63, 3.8) is 0 Å². The second kappa shape index (κ2) is 7.20. The molecule has 0 aliphatic rings. The fourth-order valence-electron chi connectivity index (χ4n) is 2.37. The van der Waals surface area contributed by atoms with Crippen LogP contribution < -0.4 is 5.32 Å². The van der Waals surface area contributed by atoms with Crippen LogP contribution in [0.15, 0.2) is 59.1 Å². The molecule has 122 valence electrons. The molecule has 1 heterocycles. The number of anilines is 1. The highest BCUT2D eigenvalue weighted by Crippen LogP contribution is 2.19. The molecule has 0 aliphatic carbocycles. The predicted molar refractivity (Wildman–Crippen MR) is 99.6 cm³/mol. The fraction of sp³-hybridized carbons (Fsp3) is 0.111. The molecule has 0 radical (unpaired) electrons. The molecular formula is C18H15BrClN3O. The summed E-state index contributed by atoms with van der Waals surface area (Å²) in [5, 5.41) is 7.98. The van der Waals surface area contributed by atoms with Crippen LogP contribution in [0.4, 0.5) is 5.82 Å². The Morgan fingerprint density at radius 1 is 1.21 bits per heavy atom. The van der Waals surface area contributed by atoms with Gasteiger partial charge in [0.15, 0.2) is 5.82 Å². The Kier molecular flexibility index (Phi) is 5.02. The van der Waals surface area contributed by atoms with Gasteiger partial charge in [-0.15, -0.1) is 0 Å². The molecule has 3 aromatic rings. The highest BCUT2D eigenvalue weighted by molar-refractivity contribution is 9.10. The van der Waals surface area contributed by atoms with Crippen molar-refractivity contribution in [3.8, 4) is 0 Å². The van der Waals surface area contributed by atoms with Gasteiger partial charge in [0, 0.05) is 21.3 Å². The van der Waals surface area contributed by atoms with E-state index in [-0.39, 0.29) is 5.91 Å².